The maximum Gasteiger partial charge on any atom is 0.191 e. The Hall–Kier alpha value is -0.730. The van der Waals surface area contributed by atoms with Gasteiger partial charge in [0.2, 0.25) is 0 Å². The molecule has 0 heterocycles. The molecule has 0 aromatic heterocycles. The maximum absolute atomic E-state index is 6.05. The van der Waals surface area contributed by atoms with E-state index in [2.05, 4.69) is 32.7 Å². The van der Waals surface area contributed by atoms with E-state index < -0.39 is 0 Å². The Balaban J connectivity index is 1.97. The van der Waals surface area contributed by atoms with Crippen LogP contribution in [0, 0.1) is 11.3 Å². The summed E-state index contributed by atoms with van der Waals surface area (Å²) in [5.41, 5.74) is 6.49. The summed E-state index contributed by atoms with van der Waals surface area (Å²) in [6.07, 6.45) is 5.00. The first kappa shape index (κ1) is 11.7. The second kappa shape index (κ2) is 3.94. The maximum atomic E-state index is 6.05. The molecule has 2 aliphatic rings. The molecule has 0 spiro atoms. The molecular formula is C13H25N3. The van der Waals surface area contributed by atoms with Gasteiger partial charge >= 0.3 is 0 Å². The van der Waals surface area contributed by atoms with Crippen molar-refractivity contribution in [3.63, 3.8) is 0 Å². The molecule has 0 amide bonds. The van der Waals surface area contributed by atoms with Crippen LogP contribution in [0.15, 0.2) is 4.99 Å². The molecule has 2 N–H and O–H groups in total. The molecule has 0 radical (unpaired) electrons. The number of guanidine groups is 1. The fraction of sp³-hybridized carbons (Fsp3) is 0.923. The average molecular weight is 223 g/mol. The molecule has 2 aliphatic carbocycles. The standard InChI is InChI=1S/C13H25N3/c1-5-13(9(2)3)8-11(13)15-12(14)16(4)10-6-7-10/h9-11H,5-8H2,1-4H3,(H2,14,15). The van der Waals surface area contributed by atoms with Crippen LogP contribution in [0.2, 0.25) is 0 Å². The molecular weight excluding hydrogens is 198 g/mol. The third-order valence-electron chi connectivity index (χ3n) is 4.63. The molecule has 0 bridgehead atoms. The molecule has 0 aromatic carbocycles. The summed E-state index contributed by atoms with van der Waals surface area (Å²) in [7, 11) is 2.07. The van der Waals surface area contributed by atoms with Crippen LogP contribution < -0.4 is 5.73 Å². The Morgan fingerprint density at radius 3 is 2.50 bits per heavy atom. The highest BCUT2D eigenvalue weighted by molar-refractivity contribution is 5.79. The van der Waals surface area contributed by atoms with E-state index in [1.807, 2.05) is 0 Å². The molecule has 2 atom stereocenters. The summed E-state index contributed by atoms with van der Waals surface area (Å²) in [6, 6.07) is 1.14. The third kappa shape index (κ3) is 1.92. The first-order valence-corrected chi connectivity index (χ1v) is 6.57. The quantitative estimate of drug-likeness (QED) is 0.586. The van der Waals surface area contributed by atoms with Gasteiger partial charge in [0.05, 0.1) is 6.04 Å². The minimum atomic E-state index is 0.439. The van der Waals surface area contributed by atoms with Crippen molar-refractivity contribution >= 4 is 5.96 Å². The fourth-order valence-corrected chi connectivity index (χ4v) is 2.78. The van der Waals surface area contributed by atoms with Crippen molar-refractivity contribution in [3.8, 4) is 0 Å². The first-order valence-electron chi connectivity index (χ1n) is 6.57. The van der Waals surface area contributed by atoms with E-state index in [1.54, 1.807) is 0 Å². The summed E-state index contributed by atoms with van der Waals surface area (Å²) >= 11 is 0. The van der Waals surface area contributed by atoms with Crippen LogP contribution >= 0.6 is 0 Å². The van der Waals surface area contributed by atoms with E-state index in [0.29, 0.717) is 23.4 Å². The van der Waals surface area contributed by atoms with E-state index in [4.69, 9.17) is 10.7 Å². The SMILES string of the molecule is CCC1(C(C)C)CC1N=C(N)N(C)C1CC1. The predicted octanol–water partition coefficient (Wildman–Crippen LogP) is 2.22. The lowest BCUT2D eigenvalue weighted by molar-refractivity contribution is 0.334. The lowest BCUT2D eigenvalue weighted by atomic mass is 9.89. The molecule has 3 heteroatoms. The Kier molecular flexibility index (Phi) is 2.89. The number of rotatable bonds is 4. The van der Waals surface area contributed by atoms with E-state index >= 15 is 0 Å². The van der Waals surface area contributed by atoms with Gasteiger partial charge < -0.3 is 10.6 Å². The topological polar surface area (TPSA) is 41.6 Å². The zero-order valence-corrected chi connectivity index (χ0v) is 11.0. The minimum Gasteiger partial charge on any atom is -0.370 e. The highest BCUT2D eigenvalue weighted by Crippen LogP contribution is 2.56. The van der Waals surface area contributed by atoms with Gasteiger partial charge in [0.25, 0.3) is 0 Å². The summed E-state index contributed by atoms with van der Waals surface area (Å²) < 4.78 is 0. The lowest BCUT2D eigenvalue weighted by Crippen LogP contribution is -2.36. The second-order valence-corrected chi connectivity index (χ2v) is 5.79. The summed E-state index contributed by atoms with van der Waals surface area (Å²) in [6.45, 7) is 6.88. The molecule has 0 aliphatic heterocycles. The van der Waals surface area contributed by atoms with Crippen LogP contribution in [0.1, 0.15) is 46.5 Å². The number of aliphatic imine (C=N–C) groups is 1. The van der Waals surface area contributed by atoms with Gasteiger partial charge in [-0.25, -0.2) is 4.99 Å². The van der Waals surface area contributed by atoms with Gasteiger partial charge in [-0.3, -0.25) is 0 Å². The molecule has 2 rings (SSSR count). The Bertz CT molecular complexity index is 294. The van der Waals surface area contributed by atoms with Crippen LogP contribution in [0.25, 0.3) is 0 Å². The molecule has 2 unspecified atom stereocenters. The molecule has 16 heavy (non-hydrogen) atoms. The van der Waals surface area contributed by atoms with Crippen LogP contribution in [-0.4, -0.2) is 30.0 Å². The molecule has 2 saturated carbocycles. The van der Waals surface area contributed by atoms with E-state index in [0.717, 1.165) is 5.96 Å². The fourth-order valence-electron chi connectivity index (χ4n) is 2.78. The van der Waals surface area contributed by atoms with Crippen molar-refractivity contribution in [1.29, 1.82) is 0 Å². The summed E-state index contributed by atoms with van der Waals surface area (Å²) in [4.78, 5) is 6.87. The van der Waals surface area contributed by atoms with Gasteiger partial charge in [-0.1, -0.05) is 20.8 Å². The Labute approximate surface area is 99.1 Å². The highest BCUT2D eigenvalue weighted by atomic mass is 15.3. The van der Waals surface area contributed by atoms with Crippen molar-refractivity contribution in [2.24, 2.45) is 22.1 Å². The normalized spacial score (nSPS) is 34.3. The molecule has 0 aromatic rings. The zero-order chi connectivity index (χ0) is 11.9. The van der Waals surface area contributed by atoms with Gasteiger partial charge in [0.15, 0.2) is 5.96 Å². The minimum absolute atomic E-state index is 0.439. The summed E-state index contributed by atoms with van der Waals surface area (Å²) in [5, 5.41) is 0. The van der Waals surface area contributed by atoms with Gasteiger partial charge in [-0.05, 0) is 37.0 Å². The third-order valence-corrected chi connectivity index (χ3v) is 4.63. The Morgan fingerprint density at radius 1 is 1.50 bits per heavy atom. The second-order valence-electron chi connectivity index (χ2n) is 5.79. The molecule has 3 nitrogen and oxygen atoms in total. The van der Waals surface area contributed by atoms with Crippen molar-refractivity contribution < 1.29 is 0 Å². The number of nitrogens with zero attached hydrogens (tertiary/aromatic N) is 2. The van der Waals surface area contributed by atoms with Crippen LogP contribution in [-0.2, 0) is 0 Å². The zero-order valence-electron chi connectivity index (χ0n) is 11.0. The number of hydrogen-bond acceptors (Lipinski definition) is 1. The van der Waals surface area contributed by atoms with Crippen molar-refractivity contribution in [1.82, 2.24) is 4.90 Å². The van der Waals surface area contributed by atoms with E-state index in [-0.39, 0.29) is 0 Å². The van der Waals surface area contributed by atoms with Crippen molar-refractivity contribution in [3.05, 3.63) is 0 Å². The predicted molar refractivity (Wildman–Crippen MR) is 68.4 cm³/mol. The van der Waals surface area contributed by atoms with Crippen molar-refractivity contribution in [2.45, 2.75) is 58.5 Å². The molecule has 0 saturated heterocycles. The molecule has 92 valence electrons. The van der Waals surface area contributed by atoms with Crippen LogP contribution in [0.4, 0.5) is 0 Å². The smallest absolute Gasteiger partial charge is 0.191 e. The average Bonchev–Trinajstić information content (AvgIpc) is 3.11. The highest BCUT2D eigenvalue weighted by Gasteiger charge is 2.55. The van der Waals surface area contributed by atoms with Gasteiger partial charge in [-0.2, -0.15) is 0 Å². The lowest BCUT2D eigenvalue weighted by Gasteiger charge is -2.20. The number of hydrogen-bond donors (Lipinski definition) is 1. The summed E-state index contributed by atoms with van der Waals surface area (Å²) in [5.74, 6) is 1.47. The van der Waals surface area contributed by atoms with Gasteiger partial charge in [0.1, 0.15) is 0 Å². The van der Waals surface area contributed by atoms with Crippen LogP contribution in [0.3, 0.4) is 0 Å². The van der Waals surface area contributed by atoms with Gasteiger partial charge in [-0.15, -0.1) is 0 Å². The monoisotopic (exact) mass is 223 g/mol. The first-order chi connectivity index (χ1) is 7.51. The number of nitrogens with two attached hydrogens (primary N) is 1. The van der Waals surface area contributed by atoms with Crippen molar-refractivity contribution in [2.75, 3.05) is 7.05 Å². The molecule has 2 fully saturated rings. The van der Waals surface area contributed by atoms with E-state index in [9.17, 15) is 0 Å². The largest absolute Gasteiger partial charge is 0.370 e. The van der Waals surface area contributed by atoms with E-state index in [1.165, 1.54) is 25.7 Å². The van der Waals surface area contributed by atoms with Crippen LogP contribution in [0.5, 0.6) is 0 Å². The Morgan fingerprint density at radius 2 is 2.12 bits per heavy atom. The van der Waals surface area contributed by atoms with Gasteiger partial charge in [0, 0.05) is 13.1 Å².